The van der Waals surface area contributed by atoms with Crippen molar-refractivity contribution in [3.63, 3.8) is 0 Å². The van der Waals surface area contributed by atoms with E-state index in [9.17, 15) is 4.79 Å². The predicted molar refractivity (Wildman–Crippen MR) is 86.7 cm³/mol. The van der Waals surface area contributed by atoms with E-state index in [2.05, 4.69) is 11.8 Å². The Bertz CT molecular complexity index is 482. The zero-order valence-electron chi connectivity index (χ0n) is 13.1. The lowest BCUT2D eigenvalue weighted by Gasteiger charge is -2.36. The number of nitrogen functional groups attached to an aromatic ring is 1. The van der Waals surface area contributed by atoms with Gasteiger partial charge in [0.25, 0.3) is 0 Å². The van der Waals surface area contributed by atoms with Gasteiger partial charge in [-0.25, -0.2) is 4.79 Å². The van der Waals surface area contributed by atoms with Crippen LogP contribution in [-0.2, 0) is 4.74 Å². The number of anilines is 2. The molecule has 4 heteroatoms. The molecule has 1 aliphatic carbocycles. The van der Waals surface area contributed by atoms with Crippen molar-refractivity contribution in [1.29, 1.82) is 0 Å². The molecule has 0 aromatic heterocycles. The molecule has 1 fully saturated rings. The number of carbonyl (C=O) groups excluding carboxylic acids is 1. The quantitative estimate of drug-likeness (QED) is 0.665. The SMILES string of the molecule is CCOC(=O)c1cc(N)ccc1N(CC)C1CCCCC1. The van der Waals surface area contributed by atoms with Crippen molar-refractivity contribution < 1.29 is 9.53 Å². The smallest absolute Gasteiger partial charge is 0.340 e. The van der Waals surface area contributed by atoms with E-state index in [1.54, 1.807) is 6.07 Å². The Balaban J connectivity index is 2.33. The summed E-state index contributed by atoms with van der Waals surface area (Å²) < 4.78 is 5.18. The fourth-order valence-electron chi connectivity index (χ4n) is 3.19. The molecule has 0 bridgehead atoms. The maximum Gasteiger partial charge on any atom is 0.340 e. The van der Waals surface area contributed by atoms with Gasteiger partial charge in [-0.15, -0.1) is 0 Å². The minimum atomic E-state index is -0.283. The van der Waals surface area contributed by atoms with Crippen molar-refractivity contribution in [2.45, 2.75) is 52.0 Å². The number of esters is 1. The summed E-state index contributed by atoms with van der Waals surface area (Å²) in [6.07, 6.45) is 6.25. The molecular formula is C17H26N2O2. The molecule has 21 heavy (non-hydrogen) atoms. The number of nitrogens with zero attached hydrogens (tertiary/aromatic N) is 1. The van der Waals surface area contributed by atoms with Gasteiger partial charge in [-0.1, -0.05) is 19.3 Å². The average Bonchev–Trinajstić information content (AvgIpc) is 2.50. The van der Waals surface area contributed by atoms with Gasteiger partial charge in [-0.2, -0.15) is 0 Å². The van der Waals surface area contributed by atoms with E-state index in [1.807, 2.05) is 19.1 Å². The first-order valence-electron chi connectivity index (χ1n) is 8.00. The van der Waals surface area contributed by atoms with Crippen molar-refractivity contribution in [2.75, 3.05) is 23.8 Å². The summed E-state index contributed by atoms with van der Waals surface area (Å²) in [7, 11) is 0. The van der Waals surface area contributed by atoms with Gasteiger partial charge in [0.1, 0.15) is 0 Å². The Hall–Kier alpha value is -1.71. The third kappa shape index (κ3) is 3.69. The van der Waals surface area contributed by atoms with Crippen molar-refractivity contribution in [3.05, 3.63) is 23.8 Å². The number of benzene rings is 1. The minimum absolute atomic E-state index is 0.283. The molecule has 0 saturated heterocycles. The number of hydrogen-bond donors (Lipinski definition) is 1. The molecule has 0 radical (unpaired) electrons. The summed E-state index contributed by atoms with van der Waals surface area (Å²) >= 11 is 0. The lowest BCUT2D eigenvalue weighted by atomic mass is 9.93. The van der Waals surface area contributed by atoms with E-state index in [-0.39, 0.29) is 5.97 Å². The molecule has 4 nitrogen and oxygen atoms in total. The number of hydrogen-bond acceptors (Lipinski definition) is 4. The highest BCUT2D eigenvalue weighted by Gasteiger charge is 2.24. The van der Waals surface area contributed by atoms with Gasteiger partial charge >= 0.3 is 5.97 Å². The van der Waals surface area contributed by atoms with Gasteiger partial charge in [0.15, 0.2) is 0 Å². The van der Waals surface area contributed by atoms with Gasteiger partial charge in [0.05, 0.1) is 17.9 Å². The van der Waals surface area contributed by atoms with Crippen LogP contribution >= 0.6 is 0 Å². The largest absolute Gasteiger partial charge is 0.462 e. The third-order valence-corrected chi connectivity index (χ3v) is 4.18. The summed E-state index contributed by atoms with van der Waals surface area (Å²) in [5.74, 6) is -0.283. The molecule has 1 aromatic rings. The first-order chi connectivity index (χ1) is 10.2. The van der Waals surface area contributed by atoms with Crippen LogP contribution in [0.3, 0.4) is 0 Å². The zero-order chi connectivity index (χ0) is 15.2. The highest BCUT2D eigenvalue weighted by Crippen LogP contribution is 2.31. The van der Waals surface area contributed by atoms with Gasteiger partial charge < -0.3 is 15.4 Å². The van der Waals surface area contributed by atoms with Crippen LogP contribution in [0.15, 0.2) is 18.2 Å². The minimum Gasteiger partial charge on any atom is -0.462 e. The molecule has 116 valence electrons. The Morgan fingerprint density at radius 1 is 1.29 bits per heavy atom. The summed E-state index contributed by atoms with van der Waals surface area (Å²) in [5.41, 5.74) is 8.00. The molecule has 2 rings (SSSR count). The molecule has 0 unspecified atom stereocenters. The summed E-state index contributed by atoms with van der Waals surface area (Å²) in [6, 6.07) is 6.07. The first-order valence-corrected chi connectivity index (χ1v) is 8.00. The van der Waals surface area contributed by atoms with Crippen LogP contribution in [-0.4, -0.2) is 25.2 Å². The normalized spacial score (nSPS) is 15.7. The van der Waals surface area contributed by atoms with Crippen LogP contribution in [0, 0.1) is 0 Å². The second-order valence-corrected chi connectivity index (χ2v) is 5.57. The van der Waals surface area contributed by atoms with E-state index < -0.39 is 0 Å². The third-order valence-electron chi connectivity index (χ3n) is 4.18. The monoisotopic (exact) mass is 290 g/mol. The van der Waals surface area contributed by atoms with Crippen LogP contribution in [0.5, 0.6) is 0 Å². The molecule has 1 aliphatic rings. The summed E-state index contributed by atoms with van der Waals surface area (Å²) in [5, 5.41) is 0. The van der Waals surface area contributed by atoms with Gasteiger partial charge in [0, 0.05) is 18.3 Å². The molecule has 0 amide bonds. The molecule has 0 atom stereocenters. The number of carbonyl (C=O) groups is 1. The van der Waals surface area contributed by atoms with E-state index in [1.165, 1.54) is 32.1 Å². The second kappa shape index (κ2) is 7.34. The molecular weight excluding hydrogens is 264 g/mol. The molecule has 0 spiro atoms. The van der Waals surface area contributed by atoms with Crippen molar-refractivity contribution in [2.24, 2.45) is 0 Å². The van der Waals surface area contributed by atoms with Crippen LogP contribution in [0.1, 0.15) is 56.3 Å². The maximum absolute atomic E-state index is 12.2. The van der Waals surface area contributed by atoms with Gasteiger partial charge in [0.2, 0.25) is 0 Å². The molecule has 2 N–H and O–H groups in total. The Labute approximate surface area is 127 Å². The second-order valence-electron chi connectivity index (χ2n) is 5.57. The van der Waals surface area contributed by atoms with Crippen molar-refractivity contribution >= 4 is 17.3 Å². The van der Waals surface area contributed by atoms with E-state index in [4.69, 9.17) is 10.5 Å². The standard InChI is InChI=1S/C17H26N2O2/c1-3-19(14-8-6-5-7-9-14)16-11-10-13(18)12-15(16)17(20)21-4-2/h10-12,14H,3-9,18H2,1-2H3. The topological polar surface area (TPSA) is 55.6 Å². The summed E-state index contributed by atoms with van der Waals surface area (Å²) in [6.45, 7) is 5.23. The van der Waals surface area contributed by atoms with Crippen LogP contribution < -0.4 is 10.6 Å². The van der Waals surface area contributed by atoms with Crippen molar-refractivity contribution in [1.82, 2.24) is 0 Å². The highest BCUT2D eigenvalue weighted by molar-refractivity contribution is 5.97. The molecule has 1 aromatic carbocycles. The average molecular weight is 290 g/mol. The fraction of sp³-hybridized carbons (Fsp3) is 0.588. The molecule has 0 heterocycles. The van der Waals surface area contributed by atoms with Crippen LogP contribution in [0.25, 0.3) is 0 Å². The zero-order valence-corrected chi connectivity index (χ0v) is 13.1. The van der Waals surface area contributed by atoms with Gasteiger partial charge in [-0.3, -0.25) is 0 Å². The number of ether oxygens (including phenoxy) is 1. The van der Waals surface area contributed by atoms with Crippen LogP contribution in [0.4, 0.5) is 11.4 Å². The van der Waals surface area contributed by atoms with Gasteiger partial charge in [-0.05, 0) is 44.9 Å². The fourth-order valence-corrected chi connectivity index (χ4v) is 3.19. The Morgan fingerprint density at radius 3 is 2.62 bits per heavy atom. The Kier molecular flexibility index (Phi) is 5.48. The summed E-state index contributed by atoms with van der Waals surface area (Å²) in [4.78, 5) is 14.6. The number of rotatable bonds is 5. The van der Waals surface area contributed by atoms with E-state index in [0.717, 1.165) is 12.2 Å². The lowest BCUT2D eigenvalue weighted by Crippen LogP contribution is -2.37. The first kappa shape index (κ1) is 15.7. The van der Waals surface area contributed by atoms with E-state index in [0.29, 0.717) is 23.9 Å². The maximum atomic E-state index is 12.2. The predicted octanol–water partition coefficient (Wildman–Crippen LogP) is 3.60. The molecule has 1 saturated carbocycles. The number of nitrogens with two attached hydrogens (primary N) is 1. The Morgan fingerprint density at radius 2 is 2.00 bits per heavy atom. The molecule has 0 aliphatic heterocycles. The highest BCUT2D eigenvalue weighted by atomic mass is 16.5. The van der Waals surface area contributed by atoms with Crippen LogP contribution in [0.2, 0.25) is 0 Å². The van der Waals surface area contributed by atoms with Crippen molar-refractivity contribution in [3.8, 4) is 0 Å². The lowest BCUT2D eigenvalue weighted by molar-refractivity contribution is 0.0527. The van der Waals surface area contributed by atoms with E-state index >= 15 is 0 Å².